The van der Waals surface area contributed by atoms with Crippen molar-refractivity contribution in [2.75, 3.05) is 13.2 Å². The number of halogens is 3. The molecule has 0 N–H and O–H groups in total. The van der Waals surface area contributed by atoms with Gasteiger partial charge in [0.2, 0.25) is 0 Å². The molecule has 1 heterocycles. The molecule has 1 aromatic rings. The van der Waals surface area contributed by atoms with Crippen molar-refractivity contribution < 1.29 is 22.7 Å². The molecule has 1 atom stereocenters. The predicted octanol–water partition coefficient (Wildman–Crippen LogP) is 3.62. The first-order valence-corrected chi connectivity index (χ1v) is 7.49. The molecule has 0 bridgehead atoms. The van der Waals surface area contributed by atoms with Crippen molar-refractivity contribution in [2.45, 2.75) is 44.9 Å². The second-order valence-corrected chi connectivity index (χ2v) is 5.39. The summed E-state index contributed by atoms with van der Waals surface area (Å²) in [5.74, 6) is -0.341. The van der Waals surface area contributed by atoms with Gasteiger partial charge in [0.15, 0.2) is 0 Å². The van der Waals surface area contributed by atoms with Crippen LogP contribution in [0.4, 0.5) is 13.2 Å². The summed E-state index contributed by atoms with van der Waals surface area (Å²) in [5.41, 5.74) is -0.436. The highest BCUT2D eigenvalue weighted by molar-refractivity contribution is 5.75. The molecule has 0 aromatic heterocycles. The van der Waals surface area contributed by atoms with E-state index in [9.17, 15) is 18.0 Å². The molecule has 2 rings (SSSR count). The summed E-state index contributed by atoms with van der Waals surface area (Å²) in [6.45, 7) is 2.72. The third-order valence-electron chi connectivity index (χ3n) is 3.87. The molecule has 0 radical (unpaired) electrons. The summed E-state index contributed by atoms with van der Waals surface area (Å²) in [6, 6.07) is 5.08. The Morgan fingerprint density at radius 3 is 2.73 bits per heavy atom. The minimum Gasteiger partial charge on any atom is -0.465 e. The van der Waals surface area contributed by atoms with Crippen LogP contribution in [0.25, 0.3) is 0 Å². The van der Waals surface area contributed by atoms with Crippen LogP contribution in [-0.2, 0) is 22.3 Å². The first kappa shape index (κ1) is 16.8. The monoisotopic (exact) mass is 315 g/mol. The standard InChI is InChI=1S/C16H20F3NO2/c1-2-22-15(21)14-9-5-6-10-20(14)11-12-7-3-4-8-13(12)16(17,18)19/h3-4,7-8,14H,2,5-6,9-11H2,1H3/t14-/m0/s1. The molecule has 0 unspecified atom stereocenters. The second kappa shape index (κ2) is 7.13. The molecule has 3 nitrogen and oxygen atoms in total. The number of benzene rings is 1. The molecule has 0 saturated carbocycles. The van der Waals surface area contributed by atoms with Gasteiger partial charge in [0.25, 0.3) is 0 Å². The first-order chi connectivity index (χ1) is 10.4. The molecule has 1 aromatic carbocycles. The Balaban J connectivity index is 2.19. The van der Waals surface area contributed by atoms with Crippen LogP contribution in [-0.4, -0.2) is 30.1 Å². The Morgan fingerprint density at radius 2 is 2.05 bits per heavy atom. The number of hydrogen-bond donors (Lipinski definition) is 0. The lowest BCUT2D eigenvalue weighted by atomic mass is 9.99. The summed E-state index contributed by atoms with van der Waals surface area (Å²) < 4.78 is 44.3. The van der Waals surface area contributed by atoms with Gasteiger partial charge in [0.05, 0.1) is 12.2 Å². The second-order valence-electron chi connectivity index (χ2n) is 5.39. The van der Waals surface area contributed by atoms with E-state index >= 15 is 0 Å². The summed E-state index contributed by atoms with van der Waals surface area (Å²) in [7, 11) is 0. The fourth-order valence-corrected chi connectivity index (χ4v) is 2.84. The normalized spacial score (nSPS) is 19.9. The average molecular weight is 315 g/mol. The van der Waals surface area contributed by atoms with Gasteiger partial charge in [-0.25, -0.2) is 0 Å². The van der Waals surface area contributed by atoms with E-state index in [4.69, 9.17) is 4.74 Å². The molecule has 0 spiro atoms. The molecule has 1 aliphatic rings. The summed E-state index contributed by atoms with van der Waals surface area (Å²) in [6.07, 6.45) is -1.98. The number of ether oxygens (including phenoxy) is 1. The maximum Gasteiger partial charge on any atom is 0.416 e. The van der Waals surface area contributed by atoms with Crippen molar-refractivity contribution in [3.63, 3.8) is 0 Å². The van der Waals surface area contributed by atoms with E-state index in [1.165, 1.54) is 12.1 Å². The van der Waals surface area contributed by atoms with Crippen LogP contribution in [0.1, 0.15) is 37.3 Å². The van der Waals surface area contributed by atoms with E-state index in [0.29, 0.717) is 13.0 Å². The summed E-state index contributed by atoms with van der Waals surface area (Å²) >= 11 is 0. The van der Waals surface area contributed by atoms with Crippen LogP contribution in [0, 0.1) is 0 Å². The quantitative estimate of drug-likeness (QED) is 0.795. The largest absolute Gasteiger partial charge is 0.465 e. The van der Waals surface area contributed by atoms with Crippen LogP contribution < -0.4 is 0 Å². The van der Waals surface area contributed by atoms with Crippen molar-refractivity contribution >= 4 is 5.97 Å². The van der Waals surface area contributed by atoms with Crippen LogP contribution in [0.3, 0.4) is 0 Å². The highest BCUT2D eigenvalue weighted by atomic mass is 19.4. The molecular weight excluding hydrogens is 295 g/mol. The first-order valence-electron chi connectivity index (χ1n) is 7.49. The van der Waals surface area contributed by atoms with Gasteiger partial charge in [-0.2, -0.15) is 13.2 Å². The Kier molecular flexibility index (Phi) is 5.45. The van der Waals surface area contributed by atoms with E-state index < -0.39 is 17.8 Å². The van der Waals surface area contributed by atoms with Crippen LogP contribution in [0.5, 0.6) is 0 Å². The van der Waals surface area contributed by atoms with Crippen LogP contribution in [0.15, 0.2) is 24.3 Å². The van der Waals surface area contributed by atoms with E-state index in [1.807, 2.05) is 0 Å². The predicted molar refractivity (Wildman–Crippen MR) is 76.1 cm³/mol. The average Bonchev–Trinajstić information content (AvgIpc) is 2.47. The maximum absolute atomic E-state index is 13.1. The highest BCUT2D eigenvalue weighted by Gasteiger charge is 2.35. The minimum atomic E-state index is -4.38. The van der Waals surface area contributed by atoms with Crippen LogP contribution in [0.2, 0.25) is 0 Å². The number of carbonyl (C=O) groups excluding carboxylic acids is 1. The topological polar surface area (TPSA) is 29.5 Å². The van der Waals surface area contributed by atoms with Crippen LogP contribution >= 0.6 is 0 Å². The maximum atomic E-state index is 13.1. The SMILES string of the molecule is CCOC(=O)[C@@H]1CCCCN1Cc1ccccc1C(F)(F)F. The van der Waals surface area contributed by atoms with Crippen molar-refractivity contribution in [2.24, 2.45) is 0 Å². The number of alkyl halides is 3. The fourth-order valence-electron chi connectivity index (χ4n) is 2.84. The van der Waals surface area contributed by atoms with E-state index in [2.05, 4.69) is 0 Å². The summed E-state index contributed by atoms with van der Waals surface area (Å²) in [5, 5.41) is 0. The Morgan fingerprint density at radius 1 is 1.32 bits per heavy atom. The molecule has 1 aliphatic heterocycles. The number of likely N-dealkylation sites (tertiary alicyclic amines) is 1. The van der Waals surface area contributed by atoms with Crippen molar-refractivity contribution in [3.05, 3.63) is 35.4 Å². The smallest absolute Gasteiger partial charge is 0.416 e. The van der Waals surface area contributed by atoms with Gasteiger partial charge in [-0.1, -0.05) is 24.6 Å². The number of piperidine rings is 1. The van der Waals surface area contributed by atoms with E-state index in [1.54, 1.807) is 17.9 Å². The zero-order valence-corrected chi connectivity index (χ0v) is 12.5. The zero-order valence-electron chi connectivity index (χ0n) is 12.5. The lowest BCUT2D eigenvalue weighted by Crippen LogP contribution is -2.45. The molecular formula is C16H20F3NO2. The van der Waals surface area contributed by atoms with Gasteiger partial charge in [0, 0.05) is 6.54 Å². The lowest BCUT2D eigenvalue weighted by molar-refractivity contribution is -0.151. The molecule has 0 amide bonds. The zero-order chi connectivity index (χ0) is 16.2. The van der Waals surface area contributed by atoms with Gasteiger partial charge in [0.1, 0.15) is 6.04 Å². The number of nitrogens with zero attached hydrogens (tertiary/aromatic N) is 1. The number of rotatable bonds is 4. The number of carbonyl (C=O) groups is 1. The van der Waals surface area contributed by atoms with E-state index in [0.717, 1.165) is 18.9 Å². The van der Waals surface area contributed by atoms with Gasteiger partial charge >= 0.3 is 12.1 Å². The van der Waals surface area contributed by atoms with Gasteiger partial charge < -0.3 is 4.74 Å². The molecule has 1 saturated heterocycles. The van der Waals surface area contributed by atoms with Crippen molar-refractivity contribution in [1.82, 2.24) is 4.90 Å². The van der Waals surface area contributed by atoms with Gasteiger partial charge in [-0.3, -0.25) is 9.69 Å². The van der Waals surface area contributed by atoms with E-state index in [-0.39, 0.29) is 24.7 Å². The van der Waals surface area contributed by atoms with Crippen molar-refractivity contribution in [1.29, 1.82) is 0 Å². The van der Waals surface area contributed by atoms with Gasteiger partial charge in [-0.05, 0) is 37.9 Å². The Bertz CT molecular complexity index is 516. The molecule has 122 valence electrons. The highest BCUT2D eigenvalue weighted by Crippen LogP contribution is 2.33. The third-order valence-corrected chi connectivity index (χ3v) is 3.87. The Hall–Kier alpha value is -1.56. The number of esters is 1. The molecule has 22 heavy (non-hydrogen) atoms. The number of hydrogen-bond acceptors (Lipinski definition) is 3. The molecule has 0 aliphatic carbocycles. The summed E-state index contributed by atoms with van der Waals surface area (Å²) in [4.78, 5) is 13.8. The lowest BCUT2D eigenvalue weighted by Gasteiger charge is -2.34. The third kappa shape index (κ3) is 4.00. The molecule has 1 fully saturated rings. The fraction of sp³-hybridized carbons (Fsp3) is 0.562. The van der Waals surface area contributed by atoms with Gasteiger partial charge in [-0.15, -0.1) is 0 Å². The minimum absolute atomic E-state index is 0.110. The van der Waals surface area contributed by atoms with Crippen molar-refractivity contribution in [3.8, 4) is 0 Å². The molecule has 6 heteroatoms. The Labute approximate surface area is 128 Å².